The van der Waals surface area contributed by atoms with E-state index >= 15 is 0 Å². The van der Waals surface area contributed by atoms with Crippen LogP contribution in [-0.4, -0.2) is 30.1 Å². The highest BCUT2D eigenvalue weighted by atomic mass is 79.9. The molecular formula is C9H17BrO3. The summed E-state index contributed by atoms with van der Waals surface area (Å²) < 4.78 is 10.2. The Hall–Kier alpha value is -0.0900. The van der Waals surface area contributed by atoms with E-state index in [9.17, 15) is 4.79 Å². The molecule has 0 saturated heterocycles. The minimum atomic E-state index is -0.477. The van der Waals surface area contributed by atoms with Gasteiger partial charge in [0.05, 0.1) is 11.4 Å². The second-order valence-electron chi connectivity index (χ2n) is 2.55. The van der Waals surface area contributed by atoms with Crippen molar-refractivity contribution in [1.82, 2.24) is 0 Å². The molecule has 78 valence electrons. The van der Waals surface area contributed by atoms with E-state index in [2.05, 4.69) is 15.9 Å². The van der Waals surface area contributed by atoms with Crippen molar-refractivity contribution >= 4 is 21.9 Å². The van der Waals surface area contributed by atoms with Crippen LogP contribution in [0.15, 0.2) is 0 Å². The smallest absolute Gasteiger partial charge is 0.336 e. The third-order valence-electron chi connectivity index (χ3n) is 1.58. The second kappa shape index (κ2) is 7.33. The van der Waals surface area contributed by atoms with Gasteiger partial charge in [-0.05, 0) is 20.3 Å². The van der Waals surface area contributed by atoms with Gasteiger partial charge in [-0.3, -0.25) is 0 Å². The lowest BCUT2D eigenvalue weighted by Crippen LogP contribution is -2.34. The van der Waals surface area contributed by atoms with Crippen molar-refractivity contribution in [3.63, 3.8) is 0 Å². The van der Waals surface area contributed by atoms with Crippen LogP contribution in [0.4, 0.5) is 0 Å². The number of esters is 1. The number of hydrogen-bond acceptors (Lipinski definition) is 3. The second-order valence-corrected chi connectivity index (χ2v) is 3.73. The minimum absolute atomic E-state index is 0.0338. The Morgan fingerprint density at radius 1 is 1.31 bits per heavy atom. The highest BCUT2D eigenvalue weighted by Gasteiger charge is 2.26. The van der Waals surface area contributed by atoms with Gasteiger partial charge >= 0.3 is 5.97 Å². The fraction of sp³-hybridized carbons (Fsp3) is 0.889. The van der Waals surface area contributed by atoms with Crippen molar-refractivity contribution < 1.29 is 14.3 Å². The van der Waals surface area contributed by atoms with E-state index in [4.69, 9.17) is 9.47 Å². The fourth-order valence-electron chi connectivity index (χ4n) is 0.938. The molecule has 2 atom stereocenters. The molecule has 0 aromatic heterocycles. The summed E-state index contributed by atoms with van der Waals surface area (Å²) in [5, 5.41) is 0. The van der Waals surface area contributed by atoms with Crippen LogP contribution in [0.3, 0.4) is 0 Å². The minimum Gasteiger partial charge on any atom is -0.464 e. The highest BCUT2D eigenvalue weighted by molar-refractivity contribution is 9.09. The molecule has 2 unspecified atom stereocenters. The van der Waals surface area contributed by atoms with E-state index in [0.29, 0.717) is 13.2 Å². The van der Waals surface area contributed by atoms with Crippen LogP contribution in [0.25, 0.3) is 0 Å². The number of rotatable bonds is 6. The molecule has 0 bridgehead atoms. The first-order chi connectivity index (χ1) is 6.17. The zero-order valence-electron chi connectivity index (χ0n) is 8.38. The Morgan fingerprint density at radius 3 is 2.31 bits per heavy atom. The van der Waals surface area contributed by atoms with Gasteiger partial charge in [0.25, 0.3) is 0 Å². The molecule has 0 aliphatic heterocycles. The number of carbonyl (C=O) groups excluding carboxylic acids is 1. The lowest BCUT2D eigenvalue weighted by atomic mass is 10.2. The maximum absolute atomic E-state index is 11.4. The molecule has 0 heterocycles. The SMILES string of the molecule is CCOC(=O)C(OCC)C(Br)CC. The first kappa shape index (κ1) is 12.9. The number of carbonyl (C=O) groups is 1. The third kappa shape index (κ3) is 4.62. The molecule has 4 heteroatoms. The summed E-state index contributed by atoms with van der Waals surface area (Å²) in [6.45, 7) is 6.56. The zero-order chi connectivity index (χ0) is 10.3. The van der Waals surface area contributed by atoms with Crippen molar-refractivity contribution in [3.05, 3.63) is 0 Å². The quantitative estimate of drug-likeness (QED) is 0.537. The summed E-state index contributed by atoms with van der Waals surface area (Å²) in [5.74, 6) is -0.284. The Morgan fingerprint density at radius 2 is 1.92 bits per heavy atom. The summed E-state index contributed by atoms with van der Waals surface area (Å²) in [4.78, 5) is 11.4. The van der Waals surface area contributed by atoms with Gasteiger partial charge in [-0.1, -0.05) is 22.9 Å². The fourth-order valence-corrected chi connectivity index (χ4v) is 1.31. The van der Waals surface area contributed by atoms with Crippen LogP contribution in [-0.2, 0) is 14.3 Å². The van der Waals surface area contributed by atoms with E-state index in [1.807, 2.05) is 13.8 Å². The van der Waals surface area contributed by atoms with Crippen LogP contribution in [0.1, 0.15) is 27.2 Å². The van der Waals surface area contributed by atoms with Crippen LogP contribution < -0.4 is 0 Å². The van der Waals surface area contributed by atoms with E-state index < -0.39 is 6.10 Å². The van der Waals surface area contributed by atoms with E-state index in [1.54, 1.807) is 6.92 Å². The Labute approximate surface area is 87.9 Å². The third-order valence-corrected chi connectivity index (χ3v) is 2.71. The number of halogens is 1. The maximum atomic E-state index is 11.4. The zero-order valence-corrected chi connectivity index (χ0v) is 9.96. The summed E-state index contributed by atoms with van der Waals surface area (Å²) in [5.41, 5.74) is 0. The van der Waals surface area contributed by atoms with E-state index in [-0.39, 0.29) is 10.8 Å². The molecule has 0 aromatic carbocycles. The molecule has 0 rings (SSSR count). The lowest BCUT2D eigenvalue weighted by Gasteiger charge is -2.19. The largest absolute Gasteiger partial charge is 0.464 e. The number of alkyl halides is 1. The average Bonchev–Trinajstić information content (AvgIpc) is 2.13. The van der Waals surface area contributed by atoms with Crippen molar-refractivity contribution in [3.8, 4) is 0 Å². The molecule has 0 radical (unpaired) electrons. The first-order valence-corrected chi connectivity index (χ1v) is 5.51. The van der Waals surface area contributed by atoms with Gasteiger partial charge in [-0.25, -0.2) is 4.79 Å². The molecule has 0 N–H and O–H groups in total. The van der Waals surface area contributed by atoms with Crippen molar-refractivity contribution in [2.75, 3.05) is 13.2 Å². The van der Waals surface area contributed by atoms with Crippen LogP contribution in [0, 0.1) is 0 Å². The Balaban J connectivity index is 4.13. The molecule has 13 heavy (non-hydrogen) atoms. The molecule has 0 amide bonds. The molecule has 0 saturated carbocycles. The topological polar surface area (TPSA) is 35.5 Å². The van der Waals surface area contributed by atoms with E-state index in [0.717, 1.165) is 6.42 Å². The molecule has 0 aliphatic rings. The van der Waals surface area contributed by atoms with Gasteiger partial charge in [0.2, 0.25) is 0 Å². The van der Waals surface area contributed by atoms with Crippen molar-refractivity contribution in [1.29, 1.82) is 0 Å². The molecular weight excluding hydrogens is 236 g/mol. The van der Waals surface area contributed by atoms with Gasteiger partial charge in [0, 0.05) is 6.61 Å². The average molecular weight is 253 g/mol. The predicted octanol–water partition coefficient (Wildman–Crippen LogP) is 2.13. The van der Waals surface area contributed by atoms with Crippen LogP contribution >= 0.6 is 15.9 Å². The maximum Gasteiger partial charge on any atom is 0.336 e. The Bertz CT molecular complexity index is 150. The predicted molar refractivity (Wildman–Crippen MR) is 55.1 cm³/mol. The summed E-state index contributed by atoms with van der Waals surface area (Å²) >= 11 is 3.39. The summed E-state index contributed by atoms with van der Waals surface area (Å²) in [6, 6.07) is 0. The lowest BCUT2D eigenvalue weighted by molar-refractivity contribution is -0.156. The normalized spacial score (nSPS) is 15.1. The number of hydrogen-bond donors (Lipinski definition) is 0. The van der Waals surface area contributed by atoms with Gasteiger partial charge in [0.1, 0.15) is 0 Å². The molecule has 0 aliphatic carbocycles. The molecule has 0 fully saturated rings. The van der Waals surface area contributed by atoms with Crippen LogP contribution in [0.2, 0.25) is 0 Å². The van der Waals surface area contributed by atoms with Crippen LogP contribution in [0.5, 0.6) is 0 Å². The molecule has 3 nitrogen and oxygen atoms in total. The van der Waals surface area contributed by atoms with Gasteiger partial charge in [-0.2, -0.15) is 0 Å². The first-order valence-electron chi connectivity index (χ1n) is 4.59. The van der Waals surface area contributed by atoms with Crippen molar-refractivity contribution in [2.24, 2.45) is 0 Å². The van der Waals surface area contributed by atoms with Gasteiger partial charge in [-0.15, -0.1) is 0 Å². The molecule has 0 aromatic rings. The molecule has 0 spiro atoms. The standard InChI is InChI=1S/C9H17BrO3/c1-4-7(10)8(12-5-2)9(11)13-6-3/h7-8H,4-6H2,1-3H3. The van der Waals surface area contributed by atoms with Gasteiger partial charge < -0.3 is 9.47 Å². The monoisotopic (exact) mass is 252 g/mol. The summed E-state index contributed by atoms with van der Waals surface area (Å²) in [7, 11) is 0. The highest BCUT2D eigenvalue weighted by Crippen LogP contribution is 2.14. The van der Waals surface area contributed by atoms with Gasteiger partial charge in [0.15, 0.2) is 6.10 Å². The Kier molecular flexibility index (Phi) is 7.28. The van der Waals surface area contributed by atoms with E-state index in [1.165, 1.54) is 0 Å². The van der Waals surface area contributed by atoms with Crippen molar-refractivity contribution in [2.45, 2.75) is 38.1 Å². The summed E-state index contributed by atoms with van der Waals surface area (Å²) in [6.07, 6.45) is 0.360. The number of ether oxygens (including phenoxy) is 2.